The van der Waals surface area contributed by atoms with E-state index in [1.54, 1.807) is 13.2 Å². The third-order valence-electron chi connectivity index (χ3n) is 2.54. The van der Waals surface area contributed by atoms with Crippen molar-refractivity contribution in [3.05, 3.63) is 21.6 Å². The van der Waals surface area contributed by atoms with Gasteiger partial charge < -0.3 is 5.32 Å². The van der Waals surface area contributed by atoms with Crippen molar-refractivity contribution in [3.8, 4) is 0 Å². The molecule has 1 saturated carbocycles. The van der Waals surface area contributed by atoms with Gasteiger partial charge in [-0.15, -0.1) is 0 Å². The molecule has 1 aliphatic carbocycles. The van der Waals surface area contributed by atoms with Gasteiger partial charge in [-0.25, -0.2) is 4.68 Å². The molecule has 0 radical (unpaired) electrons. The van der Waals surface area contributed by atoms with E-state index in [0.29, 0.717) is 11.7 Å². The maximum Gasteiger partial charge on any atom is 0.287 e. The highest BCUT2D eigenvalue weighted by Gasteiger charge is 2.18. The molecule has 1 fully saturated rings. The van der Waals surface area contributed by atoms with Crippen molar-refractivity contribution in [2.45, 2.75) is 25.3 Å². The fourth-order valence-electron chi connectivity index (χ4n) is 1.38. The summed E-state index contributed by atoms with van der Waals surface area (Å²) in [6.07, 6.45) is 5.13. The van der Waals surface area contributed by atoms with E-state index in [1.165, 1.54) is 11.1 Å². The number of aromatic nitrogens is 2. The topological polar surface area (TPSA) is 46.9 Å². The van der Waals surface area contributed by atoms with Crippen molar-refractivity contribution in [2.24, 2.45) is 7.05 Å². The zero-order chi connectivity index (χ0) is 10.1. The first-order chi connectivity index (χ1) is 6.68. The molecule has 76 valence electrons. The maximum absolute atomic E-state index is 11.4. The lowest BCUT2D eigenvalue weighted by molar-refractivity contribution is 0.445. The Labute approximate surface area is 86.9 Å². The lowest BCUT2D eigenvalue weighted by atomic mass is 9.93. The summed E-state index contributed by atoms with van der Waals surface area (Å²) in [5.41, 5.74) is 0.399. The SMILES string of the molecule is Cn1ncc(NC2CCC2)c(Cl)c1=O. The number of rotatable bonds is 2. The molecule has 1 aromatic rings. The molecule has 0 atom stereocenters. The summed E-state index contributed by atoms with van der Waals surface area (Å²) >= 11 is 5.89. The van der Waals surface area contributed by atoms with Gasteiger partial charge in [-0.2, -0.15) is 5.10 Å². The minimum Gasteiger partial charge on any atom is -0.380 e. The Morgan fingerprint density at radius 2 is 2.36 bits per heavy atom. The van der Waals surface area contributed by atoms with Crippen LogP contribution in [-0.2, 0) is 7.05 Å². The van der Waals surface area contributed by atoms with Gasteiger partial charge in [0, 0.05) is 13.1 Å². The molecule has 1 heterocycles. The van der Waals surface area contributed by atoms with Gasteiger partial charge in [-0.05, 0) is 19.3 Å². The lowest BCUT2D eigenvalue weighted by Crippen LogP contribution is -2.29. The largest absolute Gasteiger partial charge is 0.380 e. The monoisotopic (exact) mass is 213 g/mol. The molecular formula is C9H12ClN3O. The van der Waals surface area contributed by atoms with Crippen molar-refractivity contribution in [2.75, 3.05) is 5.32 Å². The summed E-state index contributed by atoms with van der Waals surface area (Å²) in [4.78, 5) is 11.4. The van der Waals surface area contributed by atoms with Gasteiger partial charge in [-0.3, -0.25) is 4.79 Å². The first-order valence-electron chi connectivity index (χ1n) is 4.67. The van der Waals surface area contributed by atoms with Crippen LogP contribution in [-0.4, -0.2) is 15.8 Å². The predicted molar refractivity (Wildman–Crippen MR) is 55.7 cm³/mol. The second-order valence-electron chi connectivity index (χ2n) is 3.57. The minimum atomic E-state index is -0.254. The van der Waals surface area contributed by atoms with E-state index in [2.05, 4.69) is 10.4 Å². The third kappa shape index (κ3) is 1.62. The molecule has 1 aromatic heterocycles. The van der Waals surface area contributed by atoms with Crippen molar-refractivity contribution in [3.63, 3.8) is 0 Å². The number of nitrogens with one attached hydrogen (secondary N) is 1. The van der Waals surface area contributed by atoms with Crippen LogP contribution < -0.4 is 10.9 Å². The summed E-state index contributed by atoms with van der Waals surface area (Å²) in [6, 6.07) is 0.460. The smallest absolute Gasteiger partial charge is 0.287 e. The molecule has 0 aromatic carbocycles. The third-order valence-corrected chi connectivity index (χ3v) is 2.91. The van der Waals surface area contributed by atoms with E-state index in [4.69, 9.17) is 11.6 Å². The molecule has 0 amide bonds. The van der Waals surface area contributed by atoms with Crippen LogP contribution in [0.3, 0.4) is 0 Å². The summed E-state index contributed by atoms with van der Waals surface area (Å²) in [5.74, 6) is 0. The fraction of sp³-hybridized carbons (Fsp3) is 0.556. The Bertz CT molecular complexity index is 398. The number of hydrogen-bond acceptors (Lipinski definition) is 3. The summed E-state index contributed by atoms with van der Waals surface area (Å²) in [5, 5.41) is 7.35. The average Bonchev–Trinajstić information content (AvgIpc) is 2.10. The number of anilines is 1. The lowest BCUT2D eigenvalue weighted by Gasteiger charge is -2.27. The highest BCUT2D eigenvalue weighted by molar-refractivity contribution is 6.32. The van der Waals surface area contributed by atoms with E-state index in [1.807, 2.05) is 0 Å². The molecule has 2 rings (SSSR count). The van der Waals surface area contributed by atoms with E-state index in [0.717, 1.165) is 12.8 Å². The van der Waals surface area contributed by atoms with Gasteiger partial charge in [0.2, 0.25) is 0 Å². The molecule has 4 nitrogen and oxygen atoms in total. The molecule has 14 heavy (non-hydrogen) atoms. The predicted octanol–water partition coefficient (Wildman–Crippen LogP) is 1.40. The summed E-state index contributed by atoms with van der Waals surface area (Å²) in [7, 11) is 1.58. The van der Waals surface area contributed by atoms with Crippen LogP contribution in [0, 0.1) is 0 Å². The van der Waals surface area contributed by atoms with E-state index in [9.17, 15) is 4.79 Å². The molecule has 5 heteroatoms. The molecule has 0 saturated heterocycles. The van der Waals surface area contributed by atoms with Crippen LogP contribution in [0.1, 0.15) is 19.3 Å². The first-order valence-corrected chi connectivity index (χ1v) is 5.04. The van der Waals surface area contributed by atoms with Crippen molar-refractivity contribution < 1.29 is 0 Å². The van der Waals surface area contributed by atoms with Gasteiger partial charge >= 0.3 is 0 Å². The van der Waals surface area contributed by atoms with Crippen LogP contribution in [0.4, 0.5) is 5.69 Å². The Hall–Kier alpha value is -1.03. The first kappa shape index (κ1) is 9.52. The van der Waals surface area contributed by atoms with E-state index >= 15 is 0 Å². The van der Waals surface area contributed by atoms with Crippen LogP contribution in [0.5, 0.6) is 0 Å². The molecular weight excluding hydrogens is 202 g/mol. The van der Waals surface area contributed by atoms with Crippen LogP contribution >= 0.6 is 11.6 Å². The normalized spacial score (nSPS) is 16.4. The average molecular weight is 214 g/mol. The Morgan fingerprint density at radius 3 is 2.93 bits per heavy atom. The van der Waals surface area contributed by atoms with Crippen molar-refractivity contribution in [1.82, 2.24) is 9.78 Å². The van der Waals surface area contributed by atoms with Gasteiger partial charge in [-0.1, -0.05) is 11.6 Å². The fourth-order valence-corrected chi connectivity index (χ4v) is 1.61. The molecule has 0 unspecified atom stereocenters. The standard InChI is InChI=1S/C9H12ClN3O/c1-13-9(14)8(10)7(5-11-13)12-6-3-2-4-6/h5-6,12H,2-4H2,1H3. The van der Waals surface area contributed by atoms with Gasteiger partial charge in [0.1, 0.15) is 5.02 Å². The van der Waals surface area contributed by atoms with E-state index < -0.39 is 0 Å². The minimum absolute atomic E-state index is 0.231. The number of nitrogens with zero attached hydrogens (tertiary/aromatic N) is 2. The van der Waals surface area contributed by atoms with Crippen molar-refractivity contribution in [1.29, 1.82) is 0 Å². The molecule has 1 N–H and O–H groups in total. The zero-order valence-corrected chi connectivity index (χ0v) is 8.71. The number of aryl methyl sites for hydroxylation is 1. The van der Waals surface area contributed by atoms with Crippen LogP contribution in [0.15, 0.2) is 11.0 Å². The molecule has 0 bridgehead atoms. The summed E-state index contributed by atoms with van der Waals surface area (Å²) in [6.45, 7) is 0. The van der Waals surface area contributed by atoms with Crippen LogP contribution in [0.25, 0.3) is 0 Å². The van der Waals surface area contributed by atoms with Gasteiger partial charge in [0.05, 0.1) is 11.9 Å². The molecule has 1 aliphatic rings. The quantitative estimate of drug-likeness (QED) is 0.808. The van der Waals surface area contributed by atoms with Crippen molar-refractivity contribution >= 4 is 17.3 Å². The number of hydrogen-bond donors (Lipinski definition) is 1. The number of halogens is 1. The summed E-state index contributed by atoms with van der Waals surface area (Å²) < 4.78 is 1.23. The Kier molecular flexibility index (Phi) is 2.46. The second kappa shape index (κ2) is 3.61. The zero-order valence-electron chi connectivity index (χ0n) is 7.96. The van der Waals surface area contributed by atoms with Gasteiger partial charge in [0.15, 0.2) is 0 Å². The highest BCUT2D eigenvalue weighted by Crippen LogP contribution is 2.25. The molecule has 0 aliphatic heterocycles. The Balaban J connectivity index is 2.25. The second-order valence-corrected chi connectivity index (χ2v) is 3.95. The van der Waals surface area contributed by atoms with Gasteiger partial charge in [0.25, 0.3) is 5.56 Å². The maximum atomic E-state index is 11.4. The Morgan fingerprint density at radius 1 is 1.64 bits per heavy atom. The molecule has 0 spiro atoms. The van der Waals surface area contributed by atoms with E-state index in [-0.39, 0.29) is 10.6 Å². The van der Waals surface area contributed by atoms with Crippen LogP contribution in [0.2, 0.25) is 5.02 Å². The highest BCUT2D eigenvalue weighted by atomic mass is 35.5.